The molecule has 0 aliphatic heterocycles. The van der Waals surface area contributed by atoms with Crippen LogP contribution in [-0.4, -0.2) is 23.9 Å². The van der Waals surface area contributed by atoms with Crippen LogP contribution in [0.1, 0.15) is 38.1 Å². The van der Waals surface area contributed by atoms with Gasteiger partial charge in [-0.05, 0) is 57.2 Å². The van der Waals surface area contributed by atoms with Crippen LogP contribution in [0.2, 0.25) is 0 Å². The molecule has 1 unspecified atom stereocenters. The number of aryl methyl sites for hydroxylation is 1. The summed E-state index contributed by atoms with van der Waals surface area (Å²) in [5.74, 6) is 0.434. The maximum absolute atomic E-state index is 12.8. The molecule has 0 aliphatic rings. The highest BCUT2D eigenvalue weighted by atomic mass is 32.2. The van der Waals surface area contributed by atoms with Crippen molar-refractivity contribution in [3.05, 3.63) is 66.0 Å². The van der Waals surface area contributed by atoms with Crippen LogP contribution in [0.4, 0.5) is 5.69 Å². The minimum Gasteiger partial charge on any atom is -0.426 e. The highest BCUT2D eigenvalue weighted by Crippen LogP contribution is 2.26. The summed E-state index contributed by atoms with van der Waals surface area (Å²) >= 11 is 0. The van der Waals surface area contributed by atoms with Gasteiger partial charge in [0.25, 0.3) is 0 Å². The van der Waals surface area contributed by atoms with Crippen molar-refractivity contribution in [2.24, 2.45) is 0 Å². The van der Waals surface area contributed by atoms with Gasteiger partial charge in [-0.25, -0.2) is 18.1 Å². The molecule has 0 saturated heterocycles. The Kier molecular flexibility index (Phi) is 6.77. The van der Waals surface area contributed by atoms with Crippen LogP contribution in [0, 0.1) is 6.92 Å². The van der Waals surface area contributed by atoms with Crippen LogP contribution in [-0.2, 0) is 21.4 Å². The summed E-state index contributed by atoms with van der Waals surface area (Å²) in [7, 11) is -3.78. The van der Waals surface area contributed by atoms with Gasteiger partial charge in [0.2, 0.25) is 15.9 Å². The normalized spacial score (nSPS) is 12.4. The first-order valence-electron chi connectivity index (χ1n) is 9.89. The van der Waals surface area contributed by atoms with E-state index >= 15 is 0 Å². The molecular formula is C22H26N4O4S. The van der Waals surface area contributed by atoms with Crippen LogP contribution in [0.3, 0.4) is 0 Å². The van der Waals surface area contributed by atoms with Crippen LogP contribution in [0.25, 0.3) is 0 Å². The number of carbonyl (C=O) groups is 1. The van der Waals surface area contributed by atoms with Crippen molar-refractivity contribution in [2.45, 2.75) is 45.2 Å². The first-order chi connectivity index (χ1) is 14.7. The van der Waals surface area contributed by atoms with E-state index < -0.39 is 16.1 Å². The Hall–Kier alpha value is -3.17. The molecule has 1 atom stereocenters. The lowest BCUT2D eigenvalue weighted by Crippen LogP contribution is -2.28. The second kappa shape index (κ2) is 9.32. The number of anilines is 1. The van der Waals surface area contributed by atoms with E-state index in [4.69, 9.17) is 4.74 Å². The molecule has 0 bridgehead atoms. The SMILES string of the molecule is CCn1c(C(C)NS(=O)(=O)c2ccc(NC(C)=O)cc2)cnc1Oc1ccc(C)cc1. The zero-order valence-corrected chi connectivity index (χ0v) is 18.7. The lowest BCUT2D eigenvalue weighted by atomic mass is 10.2. The minimum atomic E-state index is -3.78. The lowest BCUT2D eigenvalue weighted by Gasteiger charge is -2.17. The van der Waals surface area contributed by atoms with E-state index in [2.05, 4.69) is 15.0 Å². The topological polar surface area (TPSA) is 102 Å². The highest BCUT2D eigenvalue weighted by Gasteiger charge is 2.22. The van der Waals surface area contributed by atoms with Crippen molar-refractivity contribution in [3.8, 4) is 11.8 Å². The van der Waals surface area contributed by atoms with E-state index in [9.17, 15) is 13.2 Å². The number of rotatable bonds is 8. The van der Waals surface area contributed by atoms with Gasteiger partial charge in [0.1, 0.15) is 5.75 Å². The Bertz CT molecular complexity index is 1150. The number of benzene rings is 2. The van der Waals surface area contributed by atoms with E-state index in [1.54, 1.807) is 25.3 Å². The maximum Gasteiger partial charge on any atom is 0.302 e. The van der Waals surface area contributed by atoms with E-state index in [1.807, 2.05) is 42.7 Å². The Morgan fingerprint density at radius 2 is 1.77 bits per heavy atom. The molecule has 3 rings (SSSR count). The summed E-state index contributed by atoms with van der Waals surface area (Å²) in [6.45, 7) is 7.64. The van der Waals surface area contributed by atoms with Gasteiger partial charge in [-0.2, -0.15) is 0 Å². The minimum absolute atomic E-state index is 0.104. The molecule has 2 N–H and O–H groups in total. The molecule has 0 fully saturated rings. The second-order valence-electron chi connectivity index (χ2n) is 7.17. The molecule has 0 saturated carbocycles. The molecule has 1 heterocycles. The first-order valence-corrected chi connectivity index (χ1v) is 11.4. The van der Waals surface area contributed by atoms with Gasteiger partial charge in [0.05, 0.1) is 22.8 Å². The fraction of sp³-hybridized carbons (Fsp3) is 0.273. The summed E-state index contributed by atoms with van der Waals surface area (Å²) < 4.78 is 36.0. The summed E-state index contributed by atoms with van der Waals surface area (Å²) in [6.07, 6.45) is 1.61. The molecule has 2 aromatic carbocycles. The number of nitrogens with one attached hydrogen (secondary N) is 2. The molecule has 0 aliphatic carbocycles. The quantitative estimate of drug-likeness (QED) is 0.549. The summed E-state index contributed by atoms with van der Waals surface area (Å²) in [4.78, 5) is 15.6. The van der Waals surface area contributed by atoms with Crippen molar-refractivity contribution < 1.29 is 17.9 Å². The second-order valence-corrected chi connectivity index (χ2v) is 8.89. The molecule has 1 aromatic heterocycles. The zero-order chi connectivity index (χ0) is 22.6. The predicted molar refractivity (Wildman–Crippen MR) is 119 cm³/mol. The number of hydrogen-bond acceptors (Lipinski definition) is 5. The van der Waals surface area contributed by atoms with Crippen LogP contribution in [0.5, 0.6) is 11.8 Å². The third-order valence-electron chi connectivity index (χ3n) is 4.66. The fourth-order valence-corrected chi connectivity index (χ4v) is 4.33. The van der Waals surface area contributed by atoms with Crippen molar-refractivity contribution in [3.63, 3.8) is 0 Å². The monoisotopic (exact) mass is 442 g/mol. The largest absolute Gasteiger partial charge is 0.426 e. The first kappa shape index (κ1) is 22.5. The molecule has 31 heavy (non-hydrogen) atoms. The number of sulfonamides is 1. The van der Waals surface area contributed by atoms with Crippen molar-refractivity contribution in [2.75, 3.05) is 5.32 Å². The Morgan fingerprint density at radius 1 is 1.13 bits per heavy atom. The lowest BCUT2D eigenvalue weighted by molar-refractivity contribution is -0.114. The van der Waals surface area contributed by atoms with Gasteiger partial charge in [-0.3, -0.25) is 9.36 Å². The Balaban J connectivity index is 1.77. The number of carbonyl (C=O) groups excluding carboxylic acids is 1. The van der Waals surface area contributed by atoms with Gasteiger partial charge < -0.3 is 10.1 Å². The predicted octanol–water partition coefficient (Wildman–Crippen LogP) is 4.00. The molecule has 1 amide bonds. The Morgan fingerprint density at radius 3 is 2.35 bits per heavy atom. The molecule has 0 spiro atoms. The van der Waals surface area contributed by atoms with Gasteiger partial charge in [0, 0.05) is 19.2 Å². The van der Waals surface area contributed by atoms with Crippen LogP contribution >= 0.6 is 0 Å². The van der Waals surface area contributed by atoms with Crippen molar-refractivity contribution in [1.29, 1.82) is 0 Å². The molecule has 8 nitrogen and oxygen atoms in total. The maximum atomic E-state index is 12.8. The number of hydrogen-bond donors (Lipinski definition) is 2. The van der Waals surface area contributed by atoms with Crippen molar-refractivity contribution >= 4 is 21.6 Å². The molecule has 164 valence electrons. The van der Waals surface area contributed by atoms with Crippen molar-refractivity contribution in [1.82, 2.24) is 14.3 Å². The summed E-state index contributed by atoms with van der Waals surface area (Å²) in [5, 5.41) is 2.61. The van der Waals surface area contributed by atoms with E-state index in [0.29, 0.717) is 29.7 Å². The van der Waals surface area contributed by atoms with Gasteiger partial charge in [-0.1, -0.05) is 17.7 Å². The Labute approximate surface area is 182 Å². The van der Waals surface area contributed by atoms with Gasteiger partial charge >= 0.3 is 6.01 Å². The van der Waals surface area contributed by atoms with Gasteiger partial charge in [0.15, 0.2) is 0 Å². The van der Waals surface area contributed by atoms with E-state index in [0.717, 1.165) is 5.56 Å². The van der Waals surface area contributed by atoms with Gasteiger partial charge in [-0.15, -0.1) is 0 Å². The summed E-state index contributed by atoms with van der Waals surface area (Å²) in [5.41, 5.74) is 2.34. The number of nitrogens with zero attached hydrogens (tertiary/aromatic N) is 2. The summed E-state index contributed by atoms with van der Waals surface area (Å²) in [6, 6.07) is 13.5. The zero-order valence-electron chi connectivity index (χ0n) is 17.9. The van der Waals surface area contributed by atoms with E-state index in [-0.39, 0.29) is 10.8 Å². The number of aromatic nitrogens is 2. The number of amides is 1. The molecule has 3 aromatic rings. The average molecular weight is 443 g/mol. The molecule has 0 radical (unpaired) electrons. The van der Waals surface area contributed by atoms with E-state index in [1.165, 1.54) is 19.1 Å². The highest BCUT2D eigenvalue weighted by molar-refractivity contribution is 7.89. The smallest absolute Gasteiger partial charge is 0.302 e. The van der Waals surface area contributed by atoms with Crippen LogP contribution < -0.4 is 14.8 Å². The molecular weight excluding hydrogens is 416 g/mol. The third kappa shape index (κ3) is 5.50. The number of ether oxygens (including phenoxy) is 1. The van der Waals surface area contributed by atoms with Crippen LogP contribution in [0.15, 0.2) is 59.6 Å². The fourth-order valence-electron chi connectivity index (χ4n) is 3.11. The number of imidazole rings is 1. The third-order valence-corrected chi connectivity index (χ3v) is 6.21. The average Bonchev–Trinajstić information content (AvgIpc) is 3.12. The standard InChI is InChI=1S/C22H26N4O4S/c1-5-26-21(14-23-22(26)30-19-10-6-15(2)7-11-19)16(3)25-31(28,29)20-12-8-18(9-13-20)24-17(4)27/h6-14,16,25H,5H2,1-4H3,(H,24,27). The molecule has 9 heteroatoms.